The molecule has 0 aliphatic rings. The predicted octanol–water partition coefficient (Wildman–Crippen LogP) is 4.41. The van der Waals surface area contributed by atoms with E-state index in [1.807, 2.05) is 11.6 Å². The predicted molar refractivity (Wildman–Crippen MR) is 80.1 cm³/mol. The fourth-order valence-electron chi connectivity index (χ4n) is 1.99. The highest BCUT2D eigenvalue weighted by molar-refractivity contribution is 7.09. The molecule has 0 saturated heterocycles. The molecule has 0 spiro atoms. The Morgan fingerprint density at radius 2 is 2.06 bits per heavy atom. The molecule has 2 aromatic rings. The summed E-state index contributed by atoms with van der Waals surface area (Å²) < 4.78 is 0. The molecule has 0 N–H and O–H groups in total. The van der Waals surface area contributed by atoms with Crippen LogP contribution in [0.5, 0.6) is 0 Å². The number of hydrogen-bond donors (Lipinski definition) is 0. The fourth-order valence-corrected chi connectivity index (χ4v) is 3.53. The number of benzene rings is 1. The Kier molecular flexibility index (Phi) is 4.66. The van der Waals surface area contributed by atoms with Crippen LogP contribution in [-0.2, 0) is 11.8 Å². The molecular formula is C14H15Cl2NS. The van der Waals surface area contributed by atoms with Crippen LogP contribution in [0, 0.1) is 6.92 Å². The Balaban J connectivity index is 2.37. The number of halogens is 2. The van der Waals surface area contributed by atoms with Crippen molar-refractivity contribution in [3.05, 3.63) is 52.0 Å². The van der Waals surface area contributed by atoms with E-state index in [0.717, 1.165) is 11.4 Å². The largest absolute Gasteiger partial charge is 0.250 e. The van der Waals surface area contributed by atoms with Gasteiger partial charge in [0.15, 0.2) is 0 Å². The molecule has 2 rings (SSSR count). The van der Waals surface area contributed by atoms with Gasteiger partial charge in [-0.15, -0.1) is 34.5 Å². The molecule has 0 unspecified atom stereocenters. The molecule has 0 bridgehead atoms. The third-order valence-electron chi connectivity index (χ3n) is 3.12. The normalized spacial score (nSPS) is 11.7. The standard InChI is InChI=1S/C14H15Cl2NS/c1-11-3-2-4-12(7-11)14(9-15,10-16)8-13-17-5-6-18-13/h2-7H,8-10H2,1H3. The second kappa shape index (κ2) is 6.05. The first-order chi connectivity index (χ1) is 8.70. The van der Waals surface area contributed by atoms with Gasteiger partial charge in [-0.1, -0.05) is 29.8 Å². The smallest absolute Gasteiger partial charge is 0.0934 e. The van der Waals surface area contributed by atoms with Gasteiger partial charge in [-0.25, -0.2) is 4.98 Å². The zero-order chi connectivity index (χ0) is 13.0. The molecule has 0 saturated carbocycles. The Labute approximate surface area is 122 Å². The minimum atomic E-state index is -0.229. The van der Waals surface area contributed by atoms with E-state index in [2.05, 4.69) is 36.2 Å². The third-order valence-corrected chi connectivity index (χ3v) is 4.92. The highest BCUT2D eigenvalue weighted by Crippen LogP contribution is 2.32. The molecule has 0 atom stereocenters. The Morgan fingerprint density at radius 1 is 1.28 bits per heavy atom. The lowest BCUT2D eigenvalue weighted by Gasteiger charge is -2.29. The average molecular weight is 300 g/mol. The van der Waals surface area contributed by atoms with Gasteiger partial charge in [-0.2, -0.15) is 0 Å². The molecule has 1 aromatic heterocycles. The van der Waals surface area contributed by atoms with Crippen molar-refractivity contribution in [1.29, 1.82) is 0 Å². The molecule has 0 fully saturated rings. The van der Waals surface area contributed by atoms with Gasteiger partial charge < -0.3 is 0 Å². The van der Waals surface area contributed by atoms with Crippen LogP contribution in [0.25, 0.3) is 0 Å². The highest BCUT2D eigenvalue weighted by Gasteiger charge is 2.32. The topological polar surface area (TPSA) is 12.9 Å². The van der Waals surface area contributed by atoms with E-state index in [4.69, 9.17) is 23.2 Å². The summed E-state index contributed by atoms with van der Waals surface area (Å²) in [6.07, 6.45) is 2.62. The minimum absolute atomic E-state index is 0.229. The Bertz CT molecular complexity index is 492. The van der Waals surface area contributed by atoms with E-state index in [1.54, 1.807) is 11.3 Å². The van der Waals surface area contributed by atoms with Gasteiger partial charge in [0, 0.05) is 35.2 Å². The lowest BCUT2D eigenvalue weighted by atomic mass is 9.80. The number of rotatable bonds is 5. The van der Waals surface area contributed by atoms with Gasteiger partial charge >= 0.3 is 0 Å². The third kappa shape index (κ3) is 2.87. The van der Waals surface area contributed by atoms with E-state index >= 15 is 0 Å². The van der Waals surface area contributed by atoms with E-state index in [9.17, 15) is 0 Å². The van der Waals surface area contributed by atoms with Crippen molar-refractivity contribution in [3.63, 3.8) is 0 Å². The van der Waals surface area contributed by atoms with Crippen molar-refractivity contribution in [2.24, 2.45) is 0 Å². The maximum atomic E-state index is 6.22. The number of hydrogen-bond acceptors (Lipinski definition) is 2. The van der Waals surface area contributed by atoms with Crippen LogP contribution in [0.3, 0.4) is 0 Å². The Morgan fingerprint density at radius 3 is 2.61 bits per heavy atom. The molecule has 1 heterocycles. The van der Waals surface area contributed by atoms with Gasteiger partial charge in [-0.3, -0.25) is 0 Å². The first kappa shape index (κ1) is 13.9. The molecule has 0 aliphatic carbocycles. The summed E-state index contributed by atoms with van der Waals surface area (Å²) in [5.74, 6) is 0.999. The maximum Gasteiger partial charge on any atom is 0.0934 e. The second-order valence-electron chi connectivity index (χ2n) is 4.52. The highest BCUT2D eigenvalue weighted by atomic mass is 35.5. The van der Waals surface area contributed by atoms with Gasteiger partial charge in [0.2, 0.25) is 0 Å². The van der Waals surface area contributed by atoms with Crippen molar-refractivity contribution < 1.29 is 0 Å². The van der Waals surface area contributed by atoms with Crippen LogP contribution in [0.15, 0.2) is 35.8 Å². The minimum Gasteiger partial charge on any atom is -0.250 e. The molecule has 1 nitrogen and oxygen atoms in total. The van der Waals surface area contributed by atoms with Crippen LogP contribution in [0.2, 0.25) is 0 Å². The molecule has 0 aliphatic heterocycles. The van der Waals surface area contributed by atoms with E-state index in [-0.39, 0.29) is 5.41 Å². The van der Waals surface area contributed by atoms with E-state index < -0.39 is 0 Å². The molecule has 1 aromatic carbocycles. The maximum absolute atomic E-state index is 6.22. The first-order valence-electron chi connectivity index (χ1n) is 5.78. The molecule has 96 valence electrons. The van der Waals surface area contributed by atoms with Crippen molar-refractivity contribution in [3.8, 4) is 0 Å². The number of thiazole rings is 1. The average Bonchev–Trinajstić information content (AvgIpc) is 2.89. The zero-order valence-corrected chi connectivity index (χ0v) is 12.5. The monoisotopic (exact) mass is 299 g/mol. The lowest BCUT2D eigenvalue weighted by Crippen LogP contribution is -2.33. The van der Waals surface area contributed by atoms with Crippen molar-refractivity contribution in [1.82, 2.24) is 4.98 Å². The van der Waals surface area contributed by atoms with Crippen LogP contribution >= 0.6 is 34.5 Å². The molecule has 0 amide bonds. The number of aryl methyl sites for hydroxylation is 1. The van der Waals surface area contributed by atoms with Gasteiger partial charge in [0.25, 0.3) is 0 Å². The quantitative estimate of drug-likeness (QED) is 0.745. The van der Waals surface area contributed by atoms with Crippen LogP contribution in [-0.4, -0.2) is 16.7 Å². The van der Waals surface area contributed by atoms with E-state index in [1.165, 1.54) is 11.1 Å². The Hall–Kier alpha value is -0.570. The summed E-state index contributed by atoms with van der Waals surface area (Å²) in [6.45, 7) is 2.08. The molecule has 4 heteroatoms. The van der Waals surface area contributed by atoms with Crippen LogP contribution in [0.1, 0.15) is 16.1 Å². The summed E-state index contributed by atoms with van der Waals surface area (Å²) in [7, 11) is 0. The fraction of sp³-hybridized carbons (Fsp3) is 0.357. The number of aromatic nitrogens is 1. The number of alkyl halides is 2. The van der Waals surface area contributed by atoms with Crippen LogP contribution in [0.4, 0.5) is 0 Å². The number of nitrogens with zero attached hydrogens (tertiary/aromatic N) is 1. The zero-order valence-electron chi connectivity index (χ0n) is 10.2. The van der Waals surface area contributed by atoms with Gasteiger partial charge in [0.05, 0.1) is 5.01 Å². The van der Waals surface area contributed by atoms with Crippen LogP contribution < -0.4 is 0 Å². The summed E-state index contributed by atoms with van der Waals surface area (Å²) in [5.41, 5.74) is 2.20. The van der Waals surface area contributed by atoms with Crippen molar-refractivity contribution >= 4 is 34.5 Å². The summed E-state index contributed by atoms with van der Waals surface area (Å²) in [6, 6.07) is 8.41. The summed E-state index contributed by atoms with van der Waals surface area (Å²) >= 11 is 14.1. The van der Waals surface area contributed by atoms with Crippen molar-refractivity contribution in [2.75, 3.05) is 11.8 Å². The molecular weight excluding hydrogens is 285 g/mol. The van der Waals surface area contributed by atoms with Gasteiger partial charge in [0.1, 0.15) is 0 Å². The molecule has 18 heavy (non-hydrogen) atoms. The lowest BCUT2D eigenvalue weighted by molar-refractivity contribution is 0.534. The SMILES string of the molecule is Cc1cccc(C(CCl)(CCl)Cc2nccs2)c1. The van der Waals surface area contributed by atoms with Crippen molar-refractivity contribution in [2.45, 2.75) is 18.8 Å². The molecule has 0 radical (unpaired) electrons. The van der Waals surface area contributed by atoms with E-state index in [0.29, 0.717) is 11.8 Å². The summed E-state index contributed by atoms with van der Waals surface area (Å²) in [4.78, 5) is 4.35. The summed E-state index contributed by atoms with van der Waals surface area (Å²) in [5, 5.41) is 3.07. The second-order valence-corrected chi connectivity index (χ2v) is 6.03. The first-order valence-corrected chi connectivity index (χ1v) is 7.72. The van der Waals surface area contributed by atoms with Gasteiger partial charge in [-0.05, 0) is 12.5 Å².